The molecule has 0 aromatic rings. The Bertz CT molecular complexity index is 74.1. The molecule has 0 heterocycles. The van der Waals surface area contributed by atoms with E-state index < -0.39 is 0 Å². The number of hydrogen-bond acceptors (Lipinski definition) is 1. The summed E-state index contributed by atoms with van der Waals surface area (Å²) < 4.78 is 0. The second-order valence-corrected chi connectivity index (χ2v) is 0.929. The molecule has 0 fully saturated rings. The van der Waals surface area contributed by atoms with Gasteiger partial charge in [0.15, 0.2) is 0 Å². The summed E-state index contributed by atoms with van der Waals surface area (Å²) in [6, 6.07) is 0. The third-order valence-corrected chi connectivity index (χ3v) is 0.552. The maximum absolute atomic E-state index is 3.69. The van der Waals surface area contributed by atoms with E-state index in [1.807, 2.05) is 0 Å². The molecule has 0 amide bonds. The summed E-state index contributed by atoms with van der Waals surface area (Å²) >= 11 is 0. The predicted molar refractivity (Wildman–Crippen MR) is 35.3 cm³/mol. The highest BCUT2D eigenvalue weighted by atomic mass is 14.9. The summed E-state index contributed by atoms with van der Waals surface area (Å²) in [5.41, 5.74) is 0. The van der Waals surface area contributed by atoms with Crippen LogP contribution in [0.25, 0.3) is 0 Å². The zero-order valence-corrected chi connectivity index (χ0v) is 4.10. The van der Waals surface area contributed by atoms with Gasteiger partial charge in [-0.3, -0.25) is 4.99 Å². The number of amidine groups is 1. The Labute approximate surface area is 45.0 Å². The zero-order chi connectivity index (χ0) is 4.99. The molecule has 0 atom stereocenters. The van der Waals surface area contributed by atoms with Crippen molar-refractivity contribution < 1.29 is 0 Å². The van der Waals surface area contributed by atoms with Crippen molar-refractivity contribution in [1.29, 1.82) is 0 Å². The highest BCUT2D eigenvalue weighted by Gasteiger charge is 1.69. The lowest BCUT2D eigenvalue weighted by Gasteiger charge is -1.78. The standard InChI is InChI=1S/C4H8N2.CH4/c1-4(5-2)6-3;/h2H2,1,3H3;1H4. The van der Waals surface area contributed by atoms with Gasteiger partial charge in [-0.2, -0.15) is 0 Å². The molecule has 0 aromatic heterocycles. The lowest BCUT2D eigenvalue weighted by atomic mass is 10.7. The first kappa shape index (κ1) is 9.60. The fourth-order valence-corrected chi connectivity index (χ4v) is 0.0707. The second kappa shape index (κ2) is 5.34. The van der Waals surface area contributed by atoms with Crippen LogP contribution in [-0.4, -0.2) is 19.6 Å². The molecule has 0 aromatic carbocycles. The maximum Gasteiger partial charge on any atom is 0.119 e. The first-order valence-corrected chi connectivity index (χ1v) is 1.71. The van der Waals surface area contributed by atoms with Crippen LogP contribution in [0.1, 0.15) is 14.4 Å². The van der Waals surface area contributed by atoms with Gasteiger partial charge in [-0.25, -0.2) is 4.99 Å². The van der Waals surface area contributed by atoms with Crippen LogP contribution in [0.15, 0.2) is 9.98 Å². The van der Waals surface area contributed by atoms with Crippen LogP contribution in [0.3, 0.4) is 0 Å². The van der Waals surface area contributed by atoms with Crippen molar-refractivity contribution >= 4 is 12.6 Å². The minimum absolute atomic E-state index is 0. The normalized spacial score (nSPS) is 9.71. The maximum atomic E-state index is 3.69. The molecular formula is C5H12N2. The third kappa shape index (κ3) is 5.34. The largest absolute Gasteiger partial charge is 0.274 e. The van der Waals surface area contributed by atoms with E-state index >= 15 is 0 Å². The Morgan fingerprint density at radius 3 is 2.00 bits per heavy atom. The van der Waals surface area contributed by atoms with Crippen molar-refractivity contribution in [2.24, 2.45) is 9.98 Å². The second-order valence-electron chi connectivity index (χ2n) is 0.929. The predicted octanol–water partition coefficient (Wildman–Crippen LogP) is 1.37. The number of aliphatic imine (C=N–C) groups is 2. The molecule has 0 aliphatic carbocycles. The fourth-order valence-electron chi connectivity index (χ4n) is 0.0707. The molecular weight excluding hydrogens is 88.1 g/mol. The molecule has 0 unspecified atom stereocenters. The van der Waals surface area contributed by atoms with Gasteiger partial charge in [0.1, 0.15) is 5.84 Å². The van der Waals surface area contributed by atoms with Gasteiger partial charge in [-0.1, -0.05) is 7.43 Å². The molecule has 0 N–H and O–H groups in total. The van der Waals surface area contributed by atoms with E-state index in [0.717, 1.165) is 5.84 Å². The number of rotatable bonds is 0. The van der Waals surface area contributed by atoms with Crippen LogP contribution in [0.2, 0.25) is 0 Å². The quantitative estimate of drug-likeness (QED) is 0.324. The van der Waals surface area contributed by atoms with Gasteiger partial charge in [-0.15, -0.1) is 0 Å². The van der Waals surface area contributed by atoms with Crippen LogP contribution in [0.4, 0.5) is 0 Å². The van der Waals surface area contributed by atoms with Crippen molar-refractivity contribution in [3.05, 3.63) is 0 Å². The Morgan fingerprint density at radius 2 is 2.00 bits per heavy atom. The molecule has 0 spiro atoms. The van der Waals surface area contributed by atoms with Gasteiger partial charge in [0.25, 0.3) is 0 Å². The molecule has 2 heteroatoms. The van der Waals surface area contributed by atoms with Crippen molar-refractivity contribution in [2.45, 2.75) is 14.4 Å². The van der Waals surface area contributed by atoms with E-state index in [0.29, 0.717) is 0 Å². The van der Waals surface area contributed by atoms with E-state index in [2.05, 4.69) is 16.7 Å². The summed E-state index contributed by atoms with van der Waals surface area (Å²) in [5, 5.41) is 0. The molecule has 0 aliphatic rings. The zero-order valence-electron chi connectivity index (χ0n) is 4.10. The first-order chi connectivity index (χ1) is 2.81. The Hall–Kier alpha value is -0.660. The summed E-state index contributed by atoms with van der Waals surface area (Å²) in [7, 11) is 1.68. The van der Waals surface area contributed by atoms with Crippen molar-refractivity contribution in [2.75, 3.05) is 7.05 Å². The molecule has 2 nitrogen and oxygen atoms in total. The molecule has 7 heavy (non-hydrogen) atoms. The average molecular weight is 100 g/mol. The van der Waals surface area contributed by atoms with Crippen LogP contribution >= 0.6 is 0 Å². The highest BCUT2D eigenvalue weighted by molar-refractivity contribution is 5.83. The molecule has 0 rings (SSSR count). The van der Waals surface area contributed by atoms with Crippen molar-refractivity contribution in [1.82, 2.24) is 0 Å². The summed E-state index contributed by atoms with van der Waals surface area (Å²) in [4.78, 5) is 7.20. The Balaban J connectivity index is 0. The lowest BCUT2D eigenvalue weighted by molar-refractivity contribution is 1.39. The van der Waals surface area contributed by atoms with Gasteiger partial charge in [-0.05, 0) is 13.6 Å². The van der Waals surface area contributed by atoms with Crippen molar-refractivity contribution in [3.63, 3.8) is 0 Å². The lowest BCUT2D eigenvalue weighted by Crippen LogP contribution is -1.78. The molecule has 0 bridgehead atoms. The van der Waals surface area contributed by atoms with Crippen molar-refractivity contribution in [3.8, 4) is 0 Å². The van der Waals surface area contributed by atoms with Crippen LogP contribution in [0, 0.1) is 0 Å². The minimum Gasteiger partial charge on any atom is -0.274 e. The van der Waals surface area contributed by atoms with E-state index in [-0.39, 0.29) is 7.43 Å². The molecule has 0 aliphatic heterocycles. The van der Waals surface area contributed by atoms with E-state index in [9.17, 15) is 0 Å². The molecule has 0 radical (unpaired) electrons. The molecule has 42 valence electrons. The van der Waals surface area contributed by atoms with E-state index in [1.165, 1.54) is 0 Å². The van der Waals surface area contributed by atoms with Gasteiger partial charge in [0.2, 0.25) is 0 Å². The van der Waals surface area contributed by atoms with Crippen LogP contribution in [0.5, 0.6) is 0 Å². The van der Waals surface area contributed by atoms with E-state index in [4.69, 9.17) is 0 Å². The fraction of sp³-hybridized carbons (Fsp3) is 0.600. The first-order valence-electron chi connectivity index (χ1n) is 1.71. The number of nitrogens with zero attached hydrogens (tertiary/aromatic N) is 2. The van der Waals surface area contributed by atoms with Gasteiger partial charge in [0.05, 0.1) is 0 Å². The van der Waals surface area contributed by atoms with Gasteiger partial charge >= 0.3 is 0 Å². The van der Waals surface area contributed by atoms with E-state index in [1.54, 1.807) is 14.0 Å². The van der Waals surface area contributed by atoms with Crippen LogP contribution < -0.4 is 0 Å². The highest BCUT2D eigenvalue weighted by Crippen LogP contribution is 1.69. The Kier molecular flexibility index (Phi) is 7.32. The summed E-state index contributed by atoms with van der Waals surface area (Å²) in [6.45, 7) is 5.05. The monoisotopic (exact) mass is 100 g/mol. The van der Waals surface area contributed by atoms with Crippen LogP contribution in [-0.2, 0) is 0 Å². The van der Waals surface area contributed by atoms with Gasteiger partial charge in [0, 0.05) is 7.05 Å². The number of hydrogen-bond donors (Lipinski definition) is 0. The average Bonchev–Trinajstić information content (AvgIpc) is 1.65. The smallest absolute Gasteiger partial charge is 0.119 e. The summed E-state index contributed by atoms with van der Waals surface area (Å²) in [6.07, 6.45) is 0. The summed E-state index contributed by atoms with van der Waals surface area (Å²) in [5.74, 6) is 0.731. The topological polar surface area (TPSA) is 24.7 Å². The Morgan fingerprint density at radius 1 is 1.57 bits per heavy atom. The van der Waals surface area contributed by atoms with Gasteiger partial charge < -0.3 is 0 Å². The SMILES string of the molecule is C.C=NC(C)=NC. The minimum atomic E-state index is 0. The third-order valence-electron chi connectivity index (χ3n) is 0.552. The molecule has 0 saturated carbocycles. The molecule has 0 saturated heterocycles.